The Balaban J connectivity index is 2.01. The minimum absolute atomic E-state index is 0.443. The Labute approximate surface area is 141 Å². The van der Waals surface area contributed by atoms with Gasteiger partial charge < -0.3 is 5.73 Å². The summed E-state index contributed by atoms with van der Waals surface area (Å²) in [7, 11) is 0. The second-order valence-corrected chi connectivity index (χ2v) is 5.96. The number of hydrogen-bond acceptors (Lipinski definition) is 3. The number of unbranched alkanes of at least 4 members (excludes halogenated alkanes) is 3. The van der Waals surface area contributed by atoms with Gasteiger partial charge in [-0.25, -0.2) is 4.68 Å². The number of nitrogens with zero attached hydrogens (tertiary/aromatic N) is 3. The maximum absolute atomic E-state index is 12.1. The second kappa shape index (κ2) is 7.25. The fourth-order valence-electron chi connectivity index (χ4n) is 3.00. The first kappa shape index (κ1) is 16.2. The smallest absolute Gasteiger partial charge is 0.251 e. The predicted octanol–water partition coefficient (Wildman–Crippen LogP) is 3.78. The zero-order chi connectivity index (χ0) is 16.9. The summed E-state index contributed by atoms with van der Waals surface area (Å²) in [5, 5.41) is 8.47. The molecule has 0 aliphatic rings. The van der Waals surface area contributed by atoms with Crippen molar-refractivity contribution in [3.8, 4) is 11.1 Å². The molecule has 1 amide bonds. The zero-order valence-electron chi connectivity index (χ0n) is 13.9. The maximum Gasteiger partial charge on any atom is 0.251 e. The molecule has 0 radical (unpaired) electrons. The first-order valence-electron chi connectivity index (χ1n) is 8.43. The lowest BCUT2D eigenvalue weighted by Crippen LogP contribution is -2.13. The van der Waals surface area contributed by atoms with Crippen molar-refractivity contribution in [2.24, 2.45) is 5.73 Å². The first-order valence-corrected chi connectivity index (χ1v) is 8.43. The zero-order valence-corrected chi connectivity index (χ0v) is 13.9. The quantitative estimate of drug-likeness (QED) is 0.673. The lowest BCUT2D eigenvalue weighted by Gasteiger charge is -2.08. The topological polar surface area (TPSA) is 73.8 Å². The Morgan fingerprint density at radius 3 is 2.58 bits per heavy atom. The summed E-state index contributed by atoms with van der Waals surface area (Å²) in [6.07, 6.45) is 4.64. The van der Waals surface area contributed by atoms with Crippen LogP contribution in [0.2, 0.25) is 0 Å². The van der Waals surface area contributed by atoms with E-state index in [2.05, 4.69) is 17.2 Å². The molecule has 0 aliphatic carbocycles. The third-order valence-electron chi connectivity index (χ3n) is 4.24. The monoisotopic (exact) mass is 322 g/mol. The van der Waals surface area contributed by atoms with Gasteiger partial charge in [-0.3, -0.25) is 4.79 Å². The van der Waals surface area contributed by atoms with E-state index < -0.39 is 5.91 Å². The van der Waals surface area contributed by atoms with Gasteiger partial charge in [0.1, 0.15) is 5.52 Å². The molecule has 3 rings (SSSR count). The average Bonchev–Trinajstić information content (AvgIpc) is 3.01. The van der Waals surface area contributed by atoms with Crippen molar-refractivity contribution in [3.63, 3.8) is 0 Å². The Morgan fingerprint density at radius 1 is 1.08 bits per heavy atom. The van der Waals surface area contributed by atoms with Crippen LogP contribution in [-0.4, -0.2) is 20.9 Å². The van der Waals surface area contributed by atoms with Crippen LogP contribution < -0.4 is 5.73 Å². The molecule has 2 aromatic carbocycles. The number of rotatable bonds is 7. The highest BCUT2D eigenvalue weighted by Crippen LogP contribution is 2.29. The van der Waals surface area contributed by atoms with Gasteiger partial charge in [0.25, 0.3) is 5.91 Å². The first-order chi connectivity index (χ1) is 11.7. The van der Waals surface area contributed by atoms with Gasteiger partial charge in [0.2, 0.25) is 0 Å². The molecule has 1 heterocycles. The van der Waals surface area contributed by atoms with Crippen LogP contribution in [0.15, 0.2) is 42.5 Å². The van der Waals surface area contributed by atoms with Gasteiger partial charge in [-0.05, 0) is 23.6 Å². The molecular weight excluding hydrogens is 300 g/mol. The van der Waals surface area contributed by atoms with Crippen molar-refractivity contribution in [1.29, 1.82) is 0 Å². The summed E-state index contributed by atoms with van der Waals surface area (Å²) in [6.45, 7) is 2.99. The molecule has 5 heteroatoms. The van der Waals surface area contributed by atoms with E-state index in [0.717, 1.165) is 29.6 Å². The third kappa shape index (κ3) is 3.15. The van der Waals surface area contributed by atoms with E-state index >= 15 is 0 Å². The Kier molecular flexibility index (Phi) is 4.89. The number of carbonyl (C=O) groups excluding carboxylic acids is 1. The number of fused-ring (bicyclic) bond motifs is 1. The molecule has 3 aromatic rings. The number of aryl methyl sites for hydroxylation is 1. The highest BCUT2D eigenvalue weighted by molar-refractivity contribution is 6.09. The normalized spacial score (nSPS) is 11.0. The van der Waals surface area contributed by atoms with Crippen molar-refractivity contribution in [1.82, 2.24) is 15.0 Å². The predicted molar refractivity (Wildman–Crippen MR) is 95.6 cm³/mol. The number of primary amides is 1. The second-order valence-electron chi connectivity index (χ2n) is 5.96. The number of nitrogens with two attached hydrogens (primary N) is 1. The lowest BCUT2D eigenvalue weighted by atomic mass is 9.98. The summed E-state index contributed by atoms with van der Waals surface area (Å²) in [4.78, 5) is 12.1. The summed E-state index contributed by atoms with van der Waals surface area (Å²) < 4.78 is 1.87. The minimum atomic E-state index is -0.475. The van der Waals surface area contributed by atoms with Crippen LogP contribution >= 0.6 is 0 Å². The summed E-state index contributed by atoms with van der Waals surface area (Å²) in [6, 6.07) is 13.7. The van der Waals surface area contributed by atoms with Crippen molar-refractivity contribution >= 4 is 16.9 Å². The minimum Gasteiger partial charge on any atom is -0.366 e. The van der Waals surface area contributed by atoms with Crippen molar-refractivity contribution in [2.75, 3.05) is 0 Å². The molecule has 2 N–H and O–H groups in total. The fourth-order valence-corrected chi connectivity index (χ4v) is 3.00. The van der Waals surface area contributed by atoms with Gasteiger partial charge in [-0.1, -0.05) is 67.8 Å². The van der Waals surface area contributed by atoms with Crippen LogP contribution in [-0.2, 0) is 6.54 Å². The largest absolute Gasteiger partial charge is 0.366 e. The lowest BCUT2D eigenvalue weighted by molar-refractivity contribution is 0.100. The molecule has 24 heavy (non-hydrogen) atoms. The molecule has 1 aromatic heterocycles. The Bertz CT molecular complexity index is 839. The maximum atomic E-state index is 12.1. The van der Waals surface area contributed by atoms with Crippen molar-refractivity contribution in [2.45, 2.75) is 39.2 Å². The average molecular weight is 322 g/mol. The number of amides is 1. The van der Waals surface area contributed by atoms with Crippen LogP contribution in [0.3, 0.4) is 0 Å². The van der Waals surface area contributed by atoms with Crippen molar-refractivity contribution in [3.05, 3.63) is 48.0 Å². The molecule has 124 valence electrons. The molecule has 0 unspecified atom stereocenters. The highest BCUT2D eigenvalue weighted by atomic mass is 16.1. The van der Waals surface area contributed by atoms with E-state index in [1.165, 1.54) is 19.3 Å². The molecule has 5 nitrogen and oxygen atoms in total. The SMILES string of the molecule is CCCCCCn1nnc2c(C(N)=O)c(-c3ccccc3)ccc21. The number of carbonyl (C=O) groups is 1. The molecule has 0 atom stereocenters. The molecule has 0 bridgehead atoms. The van der Waals surface area contributed by atoms with Gasteiger partial charge in [-0.2, -0.15) is 0 Å². The molecule has 0 fully saturated rings. The van der Waals surface area contributed by atoms with E-state index in [4.69, 9.17) is 5.73 Å². The van der Waals surface area contributed by atoms with Gasteiger partial charge in [0.05, 0.1) is 11.1 Å². The van der Waals surface area contributed by atoms with Crippen LogP contribution in [0.5, 0.6) is 0 Å². The van der Waals surface area contributed by atoms with Gasteiger partial charge in [0.15, 0.2) is 0 Å². The third-order valence-corrected chi connectivity index (χ3v) is 4.24. The summed E-state index contributed by atoms with van der Waals surface area (Å²) in [5.41, 5.74) is 9.29. The van der Waals surface area contributed by atoms with Crippen LogP contribution in [0.1, 0.15) is 43.0 Å². The van der Waals surface area contributed by atoms with E-state index in [-0.39, 0.29) is 0 Å². The number of benzene rings is 2. The van der Waals surface area contributed by atoms with Crippen LogP contribution in [0.4, 0.5) is 0 Å². The van der Waals surface area contributed by atoms with Crippen LogP contribution in [0.25, 0.3) is 22.2 Å². The van der Waals surface area contributed by atoms with Gasteiger partial charge >= 0.3 is 0 Å². The van der Waals surface area contributed by atoms with E-state index in [1.807, 2.05) is 47.1 Å². The molecular formula is C19H22N4O. The van der Waals surface area contributed by atoms with E-state index in [9.17, 15) is 4.79 Å². The van der Waals surface area contributed by atoms with E-state index in [1.54, 1.807) is 0 Å². The molecule has 0 spiro atoms. The Hall–Kier alpha value is -2.69. The number of aromatic nitrogens is 3. The molecule has 0 saturated carbocycles. The number of hydrogen-bond donors (Lipinski definition) is 1. The van der Waals surface area contributed by atoms with Crippen LogP contribution in [0, 0.1) is 0 Å². The Morgan fingerprint density at radius 2 is 1.88 bits per heavy atom. The summed E-state index contributed by atoms with van der Waals surface area (Å²) in [5.74, 6) is -0.475. The van der Waals surface area contributed by atoms with Gasteiger partial charge in [-0.15, -0.1) is 5.10 Å². The van der Waals surface area contributed by atoms with Gasteiger partial charge in [0, 0.05) is 6.54 Å². The standard InChI is InChI=1S/C19H22N4O/c1-2-3-4-8-13-23-16-12-11-15(14-9-6-5-7-10-14)17(19(20)24)18(16)21-22-23/h5-7,9-12H,2-4,8,13H2,1H3,(H2,20,24). The molecule has 0 aliphatic heterocycles. The highest BCUT2D eigenvalue weighted by Gasteiger charge is 2.18. The summed E-state index contributed by atoms with van der Waals surface area (Å²) >= 11 is 0. The fraction of sp³-hybridized carbons (Fsp3) is 0.316. The molecule has 0 saturated heterocycles. The van der Waals surface area contributed by atoms with Crippen molar-refractivity contribution < 1.29 is 4.79 Å². The van der Waals surface area contributed by atoms with E-state index in [0.29, 0.717) is 11.1 Å².